The predicted octanol–water partition coefficient (Wildman–Crippen LogP) is 2.30. The SMILES string of the molecule is COCCC(=O)C1Cc2cc(Cl)ccc2C1=O. The first-order valence-corrected chi connectivity index (χ1v) is 5.85. The summed E-state index contributed by atoms with van der Waals surface area (Å²) in [6.07, 6.45) is 0.756. The van der Waals surface area contributed by atoms with E-state index in [-0.39, 0.29) is 18.0 Å². The third-order valence-corrected chi connectivity index (χ3v) is 3.25. The Morgan fingerprint density at radius 2 is 2.29 bits per heavy atom. The normalized spacial score (nSPS) is 18.2. The molecule has 0 heterocycles. The zero-order chi connectivity index (χ0) is 12.4. The fraction of sp³-hybridized carbons (Fsp3) is 0.385. The second kappa shape index (κ2) is 4.98. The summed E-state index contributed by atoms with van der Waals surface area (Å²) < 4.78 is 4.85. The van der Waals surface area contributed by atoms with Crippen molar-refractivity contribution in [1.82, 2.24) is 0 Å². The van der Waals surface area contributed by atoms with Crippen molar-refractivity contribution < 1.29 is 14.3 Å². The molecule has 0 aromatic heterocycles. The summed E-state index contributed by atoms with van der Waals surface area (Å²) in [7, 11) is 1.54. The van der Waals surface area contributed by atoms with Gasteiger partial charge >= 0.3 is 0 Å². The minimum absolute atomic E-state index is 0.0517. The highest BCUT2D eigenvalue weighted by Gasteiger charge is 2.35. The van der Waals surface area contributed by atoms with Crippen LogP contribution in [0.4, 0.5) is 0 Å². The largest absolute Gasteiger partial charge is 0.384 e. The maximum Gasteiger partial charge on any atom is 0.173 e. The molecule has 0 aliphatic heterocycles. The number of rotatable bonds is 4. The molecule has 2 rings (SSSR count). The van der Waals surface area contributed by atoms with Gasteiger partial charge in [0.15, 0.2) is 5.78 Å². The van der Waals surface area contributed by atoms with E-state index >= 15 is 0 Å². The van der Waals surface area contributed by atoms with E-state index in [1.54, 1.807) is 18.2 Å². The molecule has 0 radical (unpaired) electrons. The maximum atomic E-state index is 12.0. The Hall–Kier alpha value is -1.19. The first-order valence-electron chi connectivity index (χ1n) is 5.47. The molecule has 0 N–H and O–H groups in total. The third kappa shape index (κ3) is 2.40. The molecule has 1 aromatic rings. The molecule has 1 aliphatic carbocycles. The summed E-state index contributed by atoms with van der Waals surface area (Å²) in [6.45, 7) is 0.361. The third-order valence-electron chi connectivity index (χ3n) is 3.01. The van der Waals surface area contributed by atoms with E-state index in [2.05, 4.69) is 0 Å². The Morgan fingerprint density at radius 3 is 3.00 bits per heavy atom. The van der Waals surface area contributed by atoms with Crippen LogP contribution < -0.4 is 0 Å². The number of benzene rings is 1. The van der Waals surface area contributed by atoms with Crippen molar-refractivity contribution in [3.8, 4) is 0 Å². The minimum Gasteiger partial charge on any atom is -0.384 e. The van der Waals surface area contributed by atoms with Gasteiger partial charge in [-0.3, -0.25) is 9.59 Å². The molecule has 0 saturated carbocycles. The molecule has 3 nitrogen and oxygen atoms in total. The van der Waals surface area contributed by atoms with E-state index in [0.717, 1.165) is 5.56 Å². The number of hydrogen-bond donors (Lipinski definition) is 0. The van der Waals surface area contributed by atoms with Crippen LogP contribution in [0.2, 0.25) is 5.02 Å². The van der Waals surface area contributed by atoms with E-state index in [1.807, 2.05) is 0 Å². The second-order valence-corrected chi connectivity index (χ2v) is 4.57. The van der Waals surface area contributed by atoms with Crippen molar-refractivity contribution in [2.75, 3.05) is 13.7 Å². The van der Waals surface area contributed by atoms with Gasteiger partial charge in [0.05, 0.1) is 12.5 Å². The number of halogens is 1. The van der Waals surface area contributed by atoms with Crippen LogP contribution in [0.3, 0.4) is 0 Å². The van der Waals surface area contributed by atoms with Crippen LogP contribution in [0.1, 0.15) is 22.3 Å². The van der Waals surface area contributed by atoms with Gasteiger partial charge < -0.3 is 4.74 Å². The molecule has 1 aliphatic rings. The van der Waals surface area contributed by atoms with Gasteiger partial charge in [-0.15, -0.1) is 0 Å². The van der Waals surface area contributed by atoms with Gasteiger partial charge in [0.25, 0.3) is 0 Å². The summed E-state index contributed by atoms with van der Waals surface area (Å²) in [6, 6.07) is 5.14. The highest BCUT2D eigenvalue weighted by Crippen LogP contribution is 2.30. The van der Waals surface area contributed by atoms with E-state index in [4.69, 9.17) is 16.3 Å². The molecular weight excluding hydrogens is 240 g/mol. The molecule has 17 heavy (non-hydrogen) atoms. The number of hydrogen-bond acceptors (Lipinski definition) is 3. The number of carbonyl (C=O) groups is 2. The number of ether oxygens (including phenoxy) is 1. The Labute approximate surface area is 105 Å². The van der Waals surface area contributed by atoms with Gasteiger partial charge in [0.2, 0.25) is 0 Å². The van der Waals surface area contributed by atoms with Crippen molar-refractivity contribution in [3.05, 3.63) is 34.3 Å². The topological polar surface area (TPSA) is 43.4 Å². The fourth-order valence-electron chi connectivity index (χ4n) is 2.11. The zero-order valence-corrected chi connectivity index (χ0v) is 10.3. The van der Waals surface area contributed by atoms with Crippen molar-refractivity contribution in [3.63, 3.8) is 0 Å². The Balaban J connectivity index is 2.16. The monoisotopic (exact) mass is 252 g/mol. The van der Waals surface area contributed by atoms with Gasteiger partial charge in [0, 0.05) is 24.1 Å². The van der Waals surface area contributed by atoms with Gasteiger partial charge in [0.1, 0.15) is 5.78 Å². The van der Waals surface area contributed by atoms with E-state index in [9.17, 15) is 9.59 Å². The van der Waals surface area contributed by atoms with Gasteiger partial charge in [-0.05, 0) is 30.2 Å². The lowest BCUT2D eigenvalue weighted by molar-refractivity contribution is -0.122. The quantitative estimate of drug-likeness (QED) is 0.773. The number of fused-ring (bicyclic) bond motifs is 1. The van der Waals surface area contributed by atoms with Crippen LogP contribution in [0.5, 0.6) is 0 Å². The average molecular weight is 253 g/mol. The number of ketones is 2. The molecule has 90 valence electrons. The molecule has 1 unspecified atom stereocenters. The molecule has 0 spiro atoms. The molecule has 0 saturated heterocycles. The molecule has 0 fully saturated rings. The van der Waals surface area contributed by atoms with E-state index < -0.39 is 5.92 Å². The van der Waals surface area contributed by atoms with E-state index in [1.165, 1.54) is 7.11 Å². The Kier molecular flexibility index (Phi) is 3.60. The highest BCUT2D eigenvalue weighted by atomic mass is 35.5. The minimum atomic E-state index is -0.543. The highest BCUT2D eigenvalue weighted by molar-refractivity contribution is 6.31. The van der Waals surface area contributed by atoms with Crippen LogP contribution in [0.15, 0.2) is 18.2 Å². The molecule has 0 amide bonds. The van der Waals surface area contributed by atoms with Gasteiger partial charge in [-0.1, -0.05) is 11.6 Å². The Morgan fingerprint density at radius 1 is 1.53 bits per heavy atom. The first kappa shape index (κ1) is 12.3. The zero-order valence-electron chi connectivity index (χ0n) is 9.53. The lowest BCUT2D eigenvalue weighted by atomic mass is 9.98. The number of methoxy groups -OCH3 is 1. The molecule has 0 bridgehead atoms. The smallest absolute Gasteiger partial charge is 0.173 e. The van der Waals surface area contributed by atoms with Gasteiger partial charge in [-0.2, -0.15) is 0 Å². The van der Waals surface area contributed by atoms with Gasteiger partial charge in [-0.25, -0.2) is 0 Å². The summed E-state index contributed by atoms with van der Waals surface area (Å²) in [5, 5.41) is 0.599. The van der Waals surface area contributed by atoms with Crippen LogP contribution in [0.25, 0.3) is 0 Å². The van der Waals surface area contributed by atoms with Crippen molar-refractivity contribution >= 4 is 23.2 Å². The summed E-state index contributed by atoms with van der Waals surface area (Å²) in [5.74, 6) is -0.680. The summed E-state index contributed by atoms with van der Waals surface area (Å²) in [5.41, 5.74) is 1.50. The van der Waals surface area contributed by atoms with E-state index in [0.29, 0.717) is 23.6 Å². The van der Waals surface area contributed by atoms with Crippen LogP contribution in [-0.4, -0.2) is 25.3 Å². The molecule has 1 aromatic carbocycles. The molecule has 1 atom stereocenters. The maximum absolute atomic E-state index is 12.0. The van der Waals surface area contributed by atoms with Crippen LogP contribution in [0, 0.1) is 5.92 Å². The average Bonchev–Trinajstić information content (AvgIpc) is 2.63. The predicted molar refractivity (Wildman–Crippen MR) is 64.5 cm³/mol. The standard InChI is InChI=1S/C13H13ClO3/c1-17-5-4-12(15)11-7-8-6-9(14)2-3-10(8)13(11)16/h2-3,6,11H,4-5,7H2,1H3. The lowest BCUT2D eigenvalue weighted by Crippen LogP contribution is -2.21. The number of carbonyl (C=O) groups excluding carboxylic acids is 2. The fourth-order valence-corrected chi connectivity index (χ4v) is 2.30. The van der Waals surface area contributed by atoms with Crippen molar-refractivity contribution in [1.29, 1.82) is 0 Å². The molecular formula is C13H13ClO3. The Bertz CT molecular complexity index is 468. The van der Waals surface area contributed by atoms with Crippen molar-refractivity contribution in [2.45, 2.75) is 12.8 Å². The van der Waals surface area contributed by atoms with Crippen LogP contribution >= 0.6 is 11.6 Å². The summed E-state index contributed by atoms with van der Waals surface area (Å²) >= 11 is 5.87. The first-order chi connectivity index (χ1) is 8.13. The summed E-state index contributed by atoms with van der Waals surface area (Å²) in [4.78, 5) is 23.8. The van der Waals surface area contributed by atoms with Crippen molar-refractivity contribution in [2.24, 2.45) is 5.92 Å². The number of Topliss-reactive ketones (excluding diaryl/α,β-unsaturated/α-hetero) is 2. The second-order valence-electron chi connectivity index (χ2n) is 4.13. The molecule has 4 heteroatoms. The van der Waals surface area contributed by atoms with Crippen LogP contribution in [-0.2, 0) is 16.0 Å². The lowest BCUT2D eigenvalue weighted by Gasteiger charge is -2.05.